The van der Waals surface area contributed by atoms with Crippen molar-refractivity contribution < 1.29 is 9.59 Å². The van der Waals surface area contributed by atoms with Crippen LogP contribution in [0.3, 0.4) is 0 Å². The number of carbonyl (C=O) groups excluding carboxylic acids is 2. The highest BCUT2D eigenvalue weighted by molar-refractivity contribution is 6.27. The van der Waals surface area contributed by atoms with Crippen LogP contribution in [0.2, 0.25) is 0 Å². The summed E-state index contributed by atoms with van der Waals surface area (Å²) in [4.78, 5) is 24.4. The number of alkyl halides is 1. The summed E-state index contributed by atoms with van der Waals surface area (Å²) in [5.74, 6) is -0.389. The Balaban J connectivity index is 2.49. The first kappa shape index (κ1) is 14.5. The fourth-order valence-corrected chi connectivity index (χ4v) is 1.60. The van der Waals surface area contributed by atoms with Crippen molar-refractivity contribution >= 4 is 29.1 Å². The summed E-state index contributed by atoms with van der Waals surface area (Å²) in [6.45, 7) is 2.28. The van der Waals surface area contributed by atoms with Crippen molar-refractivity contribution in [2.45, 2.75) is 13.3 Å². The van der Waals surface area contributed by atoms with Crippen molar-refractivity contribution in [1.82, 2.24) is 5.32 Å². The number of benzene rings is 1. The number of hydrogen-bond acceptors (Lipinski definition) is 2. The van der Waals surface area contributed by atoms with E-state index < -0.39 is 0 Å². The molecule has 0 saturated carbocycles. The zero-order valence-electron chi connectivity index (χ0n) is 10.6. The van der Waals surface area contributed by atoms with Crippen LogP contribution in [0, 0.1) is 6.92 Å². The van der Waals surface area contributed by atoms with Gasteiger partial charge in [-0.3, -0.25) is 9.59 Å². The van der Waals surface area contributed by atoms with Gasteiger partial charge in [0.15, 0.2) is 0 Å². The van der Waals surface area contributed by atoms with Crippen LogP contribution >= 0.6 is 11.6 Å². The number of aryl methyl sites for hydroxylation is 1. The molecule has 0 aliphatic heterocycles. The summed E-state index contributed by atoms with van der Waals surface area (Å²) in [5, 5.41) is 2.56. The van der Waals surface area contributed by atoms with Gasteiger partial charge in [0.25, 0.3) is 0 Å². The zero-order chi connectivity index (χ0) is 13.5. The standard InChI is InChI=1S/C13H17ClN2O2/c1-10-4-3-5-11(8-10)16(2)13(18)6-7-15-12(17)9-14/h3-5,8H,6-7,9H2,1-2H3,(H,15,17). The number of halogens is 1. The zero-order valence-corrected chi connectivity index (χ0v) is 11.3. The normalized spacial score (nSPS) is 9.94. The molecule has 0 bridgehead atoms. The van der Waals surface area contributed by atoms with E-state index in [1.807, 2.05) is 31.2 Å². The molecule has 0 atom stereocenters. The van der Waals surface area contributed by atoms with Gasteiger partial charge in [-0.05, 0) is 24.6 Å². The summed E-state index contributed by atoms with van der Waals surface area (Å²) in [7, 11) is 1.72. The first-order chi connectivity index (χ1) is 8.54. The van der Waals surface area contributed by atoms with Gasteiger partial charge in [0.2, 0.25) is 11.8 Å². The molecular formula is C13H17ClN2O2. The number of anilines is 1. The van der Waals surface area contributed by atoms with Crippen molar-refractivity contribution in [1.29, 1.82) is 0 Å². The third-order valence-electron chi connectivity index (χ3n) is 2.55. The quantitative estimate of drug-likeness (QED) is 0.827. The van der Waals surface area contributed by atoms with Gasteiger partial charge >= 0.3 is 0 Å². The van der Waals surface area contributed by atoms with Crippen molar-refractivity contribution in [3.63, 3.8) is 0 Å². The van der Waals surface area contributed by atoms with Crippen molar-refractivity contribution in [2.24, 2.45) is 0 Å². The van der Waals surface area contributed by atoms with Gasteiger partial charge in [-0.15, -0.1) is 11.6 Å². The number of rotatable bonds is 5. The second-order valence-corrected chi connectivity index (χ2v) is 4.29. The third kappa shape index (κ3) is 4.37. The minimum Gasteiger partial charge on any atom is -0.355 e. The number of hydrogen-bond donors (Lipinski definition) is 1. The van der Waals surface area contributed by atoms with Gasteiger partial charge in [-0.1, -0.05) is 12.1 Å². The van der Waals surface area contributed by atoms with Crippen LogP contribution in [-0.2, 0) is 9.59 Å². The molecule has 0 aromatic heterocycles. The highest BCUT2D eigenvalue weighted by Gasteiger charge is 2.10. The minimum atomic E-state index is -0.261. The molecule has 0 saturated heterocycles. The Hall–Kier alpha value is -1.55. The molecule has 1 N–H and O–H groups in total. The van der Waals surface area contributed by atoms with Gasteiger partial charge in [0.1, 0.15) is 5.88 Å². The van der Waals surface area contributed by atoms with E-state index in [9.17, 15) is 9.59 Å². The van der Waals surface area contributed by atoms with Gasteiger partial charge in [-0.2, -0.15) is 0 Å². The Morgan fingerprint density at radius 2 is 2.11 bits per heavy atom. The second kappa shape index (κ2) is 7.01. The SMILES string of the molecule is Cc1cccc(N(C)C(=O)CCNC(=O)CCl)c1. The van der Waals surface area contributed by atoms with Crippen LogP contribution < -0.4 is 10.2 Å². The largest absolute Gasteiger partial charge is 0.355 e. The highest BCUT2D eigenvalue weighted by atomic mass is 35.5. The lowest BCUT2D eigenvalue weighted by Crippen LogP contribution is -2.32. The highest BCUT2D eigenvalue weighted by Crippen LogP contribution is 2.14. The summed E-state index contributed by atoms with van der Waals surface area (Å²) >= 11 is 5.34. The van der Waals surface area contributed by atoms with Crippen LogP contribution in [0.1, 0.15) is 12.0 Å². The summed E-state index contributed by atoms with van der Waals surface area (Å²) in [6, 6.07) is 7.70. The lowest BCUT2D eigenvalue weighted by atomic mass is 10.2. The van der Waals surface area contributed by atoms with E-state index in [2.05, 4.69) is 5.32 Å². The molecule has 0 spiro atoms. The van der Waals surface area contributed by atoms with E-state index in [1.165, 1.54) is 0 Å². The average Bonchev–Trinajstić information content (AvgIpc) is 2.37. The van der Waals surface area contributed by atoms with Crippen LogP contribution in [0.15, 0.2) is 24.3 Å². The van der Waals surface area contributed by atoms with Crippen molar-refractivity contribution in [3.8, 4) is 0 Å². The van der Waals surface area contributed by atoms with Gasteiger partial charge < -0.3 is 10.2 Å². The Kier molecular flexibility index (Phi) is 5.65. The summed E-state index contributed by atoms with van der Waals surface area (Å²) < 4.78 is 0. The Bertz CT molecular complexity index is 435. The molecule has 0 aliphatic rings. The predicted molar refractivity (Wildman–Crippen MR) is 72.9 cm³/mol. The first-order valence-electron chi connectivity index (χ1n) is 5.70. The maximum Gasteiger partial charge on any atom is 0.234 e. The molecular weight excluding hydrogens is 252 g/mol. The molecule has 1 aromatic carbocycles. The summed E-state index contributed by atoms with van der Waals surface area (Å²) in [6.07, 6.45) is 0.257. The molecule has 0 aliphatic carbocycles. The molecule has 0 unspecified atom stereocenters. The molecule has 0 radical (unpaired) electrons. The number of carbonyl (C=O) groups is 2. The molecule has 1 rings (SSSR count). The predicted octanol–water partition coefficient (Wildman–Crippen LogP) is 1.70. The maximum absolute atomic E-state index is 11.9. The lowest BCUT2D eigenvalue weighted by Gasteiger charge is -2.17. The van der Waals surface area contributed by atoms with Crippen LogP contribution in [-0.4, -0.2) is 31.3 Å². The van der Waals surface area contributed by atoms with E-state index in [-0.39, 0.29) is 24.1 Å². The molecule has 2 amide bonds. The maximum atomic E-state index is 11.9. The van der Waals surface area contributed by atoms with Crippen LogP contribution in [0.25, 0.3) is 0 Å². The van der Waals surface area contributed by atoms with Gasteiger partial charge in [-0.25, -0.2) is 0 Å². The second-order valence-electron chi connectivity index (χ2n) is 4.03. The smallest absolute Gasteiger partial charge is 0.234 e. The molecule has 4 nitrogen and oxygen atoms in total. The molecule has 18 heavy (non-hydrogen) atoms. The van der Waals surface area contributed by atoms with Crippen molar-refractivity contribution in [3.05, 3.63) is 29.8 Å². The Morgan fingerprint density at radius 1 is 1.39 bits per heavy atom. The van der Waals surface area contributed by atoms with E-state index >= 15 is 0 Å². The average molecular weight is 269 g/mol. The van der Waals surface area contributed by atoms with E-state index in [0.29, 0.717) is 6.54 Å². The molecule has 0 heterocycles. The number of nitrogens with zero attached hydrogens (tertiary/aromatic N) is 1. The van der Waals surface area contributed by atoms with E-state index in [4.69, 9.17) is 11.6 Å². The van der Waals surface area contributed by atoms with E-state index in [0.717, 1.165) is 11.3 Å². The van der Waals surface area contributed by atoms with Crippen LogP contribution in [0.5, 0.6) is 0 Å². The van der Waals surface area contributed by atoms with E-state index in [1.54, 1.807) is 11.9 Å². The fraction of sp³-hybridized carbons (Fsp3) is 0.385. The van der Waals surface area contributed by atoms with Gasteiger partial charge in [0.05, 0.1) is 0 Å². The first-order valence-corrected chi connectivity index (χ1v) is 6.24. The third-order valence-corrected chi connectivity index (χ3v) is 2.79. The minimum absolute atomic E-state index is 0.0459. The van der Waals surface area contributed by atoms with Crippen molar-refractivity contribution in [2.75, 3.05) is 24.4 Å². The number of amides is 2. The molecule has 0 fully saturated rings. The molecule has 98 valence electrons. The monoisotopic (exact) mass is 268 g/mol. The lowest BCUT2D eigenvalue weighted by molar-refractivity contribution is -0.119. The summed E-state index contributed by atoms with van der Waals surface area (Å²) in [5.41, 5.74) is 1.95. The number of nitrogens with one attached hydrogen (secondary N) is 1. The Morgan fingerprint density at radius 3 is 2.72 bits per heavy atom. The Labute approximate surface area is 112 Å². The molecule has 5 heteroatoms. The fourth-order valence-electron chi connectivity index (χ4n) is 1.50. The van der Waals surface area contributed by atoms with Crippen LogP contribution in [0.4, 0.5) is 5.69 Å². The van der Waals surface area contributed by atoms with Gasteiger partial charge in [0, 0.05) is 25.7 Å². The topological polar surface area (TPSA) is 49.4 Å². The molecule has 1 aromatic rings.